The molecule has 0 aliphatic rings. The van der Waals surface area contributed by atoms with E-state index in [1.165, 1.54) is 0 Å². The van der Waals surface area contributed by atoms with E-state index in [9.17, 15) is 0 Å². The molecule has 0 bridgehead atoms. The predicted molar refractivity (Wildman–Crippen MR) is 28.5 cm³/mol. The third kappa shape index (κ3) is 3.38. The molecule has 7 heavy (non-hydrogen) atoms. The van der Waals surface area contributed by atoms with Crippen molar-refractivity contribution in [3.63, 3.8) is 0 Å². The highest BCUT2D eigenvalue weighted by Gasteiger charge is 2.27. The van der Waals surface area contributed by atoms with Crippen molar-refractivity contribution in [2.75, 3.05) is 0 Å². The zero-order valence-corrected chi connectivity index (χ0v) is 5.37. The number of alkyl halides is 3. The summed E-state index contributed by atoms with van der Waals surface area (Å²) in [6.07, 6.45) is 0. The Bertz CT molecular complexity index is 56.4. The molecule has 0 spiro atoms. The molecule has 0 radical (unpaired) electrons. The van der Waals surface area contributed by atoms with Gasteiger partial charge in [0.2, 0.25) is 0 Å². The summed E-state index contributed by atoms with van der Waals surface area (Å²) in [6, 6.07) is 0. The fourth-order valence-electron chi connectivity index (χ4n) is 0. The van der Waals surface area contributed by atoms with E-state index >= 15 is 0 Å². The molecule has 0 aromatic rings. The van der Waals surface area contributed by atoms with Gasteiger partial charge >= 0.3 is 0 Å². The SMILES string of the molecule is OC(O)(Cl)C(Cl)Cl. The highest BCUT2D eigenvalue weighted by Crippen LogP contribution is 2.20. The first kappa shape index (κ1) is 7.79. The molecule has 0 unspecified atom stereocenters. The van der Waals surface area contributed by atoms with Crippen LogP contribution in [0.2, 0.25) is 0 Å². The number of halogens is 3. The van der Waals surface area contributed by atoms with E-state index in [1.807, 2.05) is 0 Å². The quantitative estimate of drug-likeness (QED) is 0.443. The summed E-state index contributed by atoms with van der Waals surface area (Å²) in [5.74, 6) is 0. The molecule has 0 aliphatic heterocycles. The first-order valence-corrected chi connectivity index (χ1v) is 2.61. The fourth-order valence-corrected chi connectivity index (χ4v) is 0. The van der Waals surface area contributed by atoms with Gasteiger partial charge in [-0.3, -0.25) is 0 Å². The van der Waals surface area contributed by atoms with Crippen LogP contribution in [0.25, 0.3) is 0 Å². The lowest BCUT2D eigenvalue weighted by Crippen LogP contribution is -2.27. The first-order valence-electron chi connectivity index (χ1n) is 1.36. The van der Waals surface area contributed by atoms with Crippen molar-refractivity contribution < 1.29 is 10.2 Å². The van der Waals surface area contributed by atoms with E-state index < -0.39 is 10.1 Å². The topological polar surface area (TPSA) is 40.5 Å². The van der Waals surface area contributed by atoms with Crippen LogP contribution in [-0.4, -0.2) is 20.3 Å². The minimum atomic E-state index is -2.50. The number of hydrogen-bond acceptors (Lipinski definition) is 2. The lowest BCUT2D eigenvalue weighted by Gasteiger charge is -2.11. The van der Waals surface area contributed by atoms with Gasteiger partial charge in [-0.25, -0.2) is 0 Å². The van der Waals surface area contributed by atoms with Crippen LogP contribution in [0.1, 0.15) is 0 Å². The molecule has 0 rings (SSSR count). The van der Waals surface area contributed by atoms with Gasteiger partial charge in [0.25, 0.3) is 5.25 Å². The van der Waals surface area contributed by atoms with Crippen LogP contribution in [0.3, 0.4) is 0 Å². The highest BCUT2D eigenvalue weighted by atomic mass is 35.5. The van der Waals surface area contributed by atoms with Gasteiger partial charge in [-0.2, -0.15) is 0 Å². The molecule has 0 saturated heterocycles. The Labute approximate surface area is 55.6 Å². The monoisotopic (exact) mass is 164 g/mol. The number of aliphatic hydroxyl groups is 2. The molecule has 0 aromatic carbocycles. The van der Waals surface area contributed by atoms with Crippen LogP contribution in [0, 0.1) is 0 Å². The molecule has 0 atom stereocenters. The van der Waals surface area contributed by atoms with E-state index in [2.05, 4.69) is 0 Å². The second-order valence-corrected chi connectivity index (χ2v) is 2.59. The van der Waals surface area contributed by atoms with E-state index in [1.54, 1.807) is 0 Å². The van der Waals surface area contributed by atoms with Gasteiger partial charge in [-0.05, 0) is 0 Å². The first-order chi connectivity index (χ1) is 2.94. The molecular weight excluding hydrogens is 162 g/mol. The second kappa shape index (κ2) is 2.37. The van der Waals surface area contributed by atoms with E-state index in [0.717, 1.165) is 0 Å². The number of hydrogen-bond donors (Lipinski definition) is 2. The van der Waals surface area contributed by atoms with Gasteiger partial charge in [0.05, 0.1) is 0 Å². The van der Waals surface area contributed by atoms with Crippen molar-refractivity contribution in [3.05, 3.63) is 0 Å². The molecule has 0 aromatic heterocycles. The van der Waals surface area contributed by atoms with Gasteiger partial charge < -0.3 is 10.2 Å². The molecule has 0 amide bonds. The standard InChI is InChI=1S/C2H3Cl3O2/c3-1(4)2(5,6)7/h1,6-7H. The predicted octanol–water partition coefficient (Wildman–Crippen LogP) is 0.667. The summed E-state index contributed by atoms with van der Waals surface area (Å²) in [7, 11) is 0. The van der Waals surface area contributed by atoms with Crippen LogP contribution in [0.4, 0.5) is 0 Å². The number of rotatable bonds is 1. The second-order valence-electron chi connectivity index (χ2n) is 0.937. The van der Waals surface area contributed by atoms with Crippen molar-refractivity contribution >= 4 is 34.8 Å². The van der Waals surface area contributed by atoms with Crippen molar-refractivity contribution in [2.24, 2.45) is 0 Å². The molecule has 44 valence electrons. The van der Waals surface area contributed by atoms with Crippen molar-refractivity contribution in [1.82, 2.24) is 0 Å². The Kier molecular flexibility index (Phi) is 2.64. The summed E-state index contributed by atoms with van der Waals surface area (Å²) >= 11 is 14.5. The van der Waals surface area contributed by atoms with Gasteiger partial charge in [-0.1, -0.05) is 34.8 Å². The molecule has 0 aliphatic carbocycles. The molecule has 0 heterocycles. The minimum Gasteiger partial charge on any atom is -0.351 e. The Balaban J connectivity index is 3.54. The van der Waals surface area contributed by atoms with Gasteiger partial charge in [0, 0.05) is 0 Å². The Morgan fingerprint density at radius 1 is 1.29 bits per heavy atom. The molecule has 2 N–H and O–H groups in total. The molecular formula is C2H3Cl3O2. The summed E-state index contributed by atoms with van der Waals surface area (Å²) in [5, 5.41) is 13.8. The molecule has 2 nitrogen and oxygen atoms in total. The molecule has 0 fully saturated rings. The third-order valence-corrected chi connectivity index (χ3v) is 1.33. The Hall–Kier alpha value is 0.790. The molecule has 0 saturated carbocycles. The van der Waals surface area contributed by atoms with Crippen LogP contribution in [-0.2, 0) is 0 Å². The van der Waals surface area contributed by atoms with Gasteiger partial charge in [0.15, 0.2) is 4.84 Å². The van der Waals surface area contributed by atoms with Crippen LogP contribution in [0.15, 0.2) is 0 Å². The maximum absolute atomic E-state index is 8.15. The lowest BCUT2D eigenvalue weighted by atomic mass is 10.7. The van der Waals surface area contributed by atoms with E-state index in [-0.39, 0.29) is 0 Å². The summed E-state index contributed by atoms with van der Waals surface area (Å²) in [6.45, 7) is 0. The molecule has 5 heteroatoms. The van der Waals surface area contributed by atoms with E-state index in [0.29, 0.717) is 0 Å². The normalized spacial score (nSPS) is 12.9. The fraction of sp³-hybridized carbons (Fsp3) is 1.00. The summed E-state index contributed by atoms with van der Waals surface area (Å²) in [5.41, 5.74) is 0. The van der Waals surface area contributed by atoms with Crippen molar-refractivity contribution in [1.29, 1.82) is 0 Å². The summed E-state index contributed by atoms with van der Waals surface area (Å²) in [4.78, 5) is -1.38. The minimum absolute atomic E-state index is 1.38. The van der Waals surface area contributed by atoms with Crippen molar-refractivity contribution in [3.8, 4) is 0 Å². The Morgan fingerprint density at radius 3 is 1.43 bits per heavy atom. The van der Waals surface area contributed by atoms with Crippen LogP contribution >= 0.6 is 34.8 Å². The van der Waals surface area contributed by atoms with Crippen molar-refractivity contribution in [2.45, 2.75) is 10.1 Å². The maximum Gasteiger partial charge on any atom is 0.274 e. The van der Waals surface area contributed by atoms with E-state index in [4.69, 9.17) is 45.0 Å². The zero-order chi connectivity index (χ0) is 6.08. The smallest absolute Gasteiger partial charge is 0.274 e. The van der Waals surface area contributed by atoms with Crippen LogP contribution < -0.4 is 0 Å². The lowest BCUT2D eigenvalue weighted by molar-refractivity contribution is -0.0718. The third-order valence-electron chi connectivity index (χ3n) is 0.278. The summed E-state index contributed by atoms with van der Waals surface area (Å²) < 4.78 is 0. The van der Waals surface area contributed by atoms with Gasteiger partial charge in [-0.15, -0.1) is 0 Å². The average Bonchev–Trinajstić information content (AvgIpc) is 1.31. The average molecular weight is 165 g/mol. The zero-order valence-electron chi connectivity index (χ0n) is 3.11. The van der Waals surface area contributed by atoms with Crippen LogP contribution in [0.5, 0.6) is 0 Å². The largest absolute Gasteiger partial charge is 0.351 e. The Morgan fingerprint density at radius 2 is 1.43 bits per heavy atom. The highest BCUT2D eigenvalue weighted by molar-refractivity contribution is 6.48. The van der Waals surface area contributed by atoms with Gasteiger partial charge in [0.1, 0.15) is 0 Å². The maximum atomic E-state index is 8.15.